The van der Waals surface area contributed by atoms with Crippen LogP contribution in [-0.4, -0.2) is 20.9 Å². The fraction of sp³-hybridized carbons (Fsp3) is 0.222. The molecule has 1 amide bonds. The summed E-state index contributed by atoms with van der Waals surface area (Å²) in [6.07, 6.45) is 1.44. The zero-order chi connectivity index (χ0) is 17.9. The Hall–Kier alpha value is -2.69. The molecule has 7 heteroatoms. The van der Waals surface area contributed by atoms with E-state index in [2.05, 4.69) is 4.72 Å². The molecular weight excluding hydrogens is 338 g/mol. The molecule has 0 bridgehead atoms. The molecule has 0 saturated carbocycles. The molecule has 1 saturated heterocycles. The predicted octanol–water partition coefficient (Wildman–Crippen LogP) is 2.16. The summed E-state index contributed by atoms with van der Waals surface area (Å²) in [6, 6.07) is 15.0. The molecule has 25 heavy (non-hydrogen) atoms. The Morgan fingerprint density at radius 2 is 1.92 bits per heavy atom. The molecular formula is C18H17N3O3S. The van der Waals surface area contributed by atoms with Gasteiger partial charge in [0.05, 0.1) is 16.5 Å². The fourth-order valence-electron chi connectivity index (χ4n) is 2.71. The van der Waals surface area contributed by atoms with Gasteiger partial charge in [0.15, 0.2) is 0 Å². The van der Waals surface area contributed by atoms with Crippen LogP contribution in [0.4, 0.5) is 5.69 Å². The van der Waals surface area contributed by atoms with Crippen LogP contribution in [0.15, 0.2) is 53.4 Å². The average Bonchev–Trinajstić information content (AvgIpc) is 3.06. The molecule has 0 unspecified atom stereocenters. The van der Waals surface area contributed by atoms with E-state index < -0.39 is 10.0 Å². The third-order valence-corrected chi connectivity index (χ3v) is 5.46. The summed E-state index contributed by atoms with van der Waals surface area (Å²) in [6.45, 7) is 0.855. The highest BCUT2D eigenvalue weighted by atomic mass is 32.2. The summed E-state index contributed by atoms with van der Waals surface area (Å²) in [5.74, 6) is 0.117. The van der Waals surface area contributed by atoms with Crippen LogP contribution < -0.4 is 9.62 Å². The molecule has 0 aromatic heterocycles. The number of anilines is 1. The molecule has 128 valence electrons. The minimum Gasteiger partial charge on any atom is -0.312 e. The van der Waals surface area contributed by atoms with E-state index in [0.717, 1.165) is 24.2 Å². The summed E-state index contributed by atoms with van der Waals surface area (Å²) < 4.78 is 27.2. The van der Waals surface area contributed by atoms with Gasteiger partial charge in [-0.1, -0.05) is 18.2 Å². The van der Waals surface area contributed by atoms with Crippen LogP contribution in [0.25, 0.3) is 0 Å². The molecule has 1 N–H and O–H groups in total. The summed E-state index contributed by atoms with van der Waals surface area (Å²) >= 11 is 0. The van der Waals surface area contributed by atoms with Crippen molar-refractivity contribution in [3.63, 3.8) is 0 Å². The zero-order valence-electron chi connectivity index (χ0n) is 13.5. The van der Waals surface area contributed by atoms with Crippen LogP contribution in [0.1, 0.15) is 24.0 Å². The summed E-state index contributed by atoms with van der Waals surface area (Å²) in [7, 11) is -3.69. The standard InChI is InChI=1S/C18H17N3O3S/c19-12-15-3-1-4-17(11-15)25(23,24)20-13-14-6-8-16(9-7-14)21-10-2-5-18(21)22/h1,3-4,6-9,11,20H,2,5,10,13H2. The highest BCUT2D eigenvalue weighted by Gasteiger charge is 2.21. The number of benzene rings is 2. The Kier molecular flexibility index (Phi) is 4.83. The lowest BCUT2D eigenvalue weighted by Gasteiger charge is -2.16. The van der Waals surface area contributed by atoms with E-state index in [1.54, 1.807) is 23.1 Å². The molecule has 2 aromatic rings. The second-order valence-corrected chi connectivity index (χ2v) is 7.55. The summed E-state index contributed by atoms with van der Waals surface area (Å²) in [5, 5.41) is 8.88. The van der Waals surface area contributed by atoms with Gasteiger partial charge in [0.1, 0.15) is 0 Å². The second kappa shape index (κ2) is 7.05. The van der Waals surface area contributed by atoms with E-state index in [4.69, 9.17) is 5.26 Å². The van der Waals surface area contributed by atoms with Gasteiger partial charge in [-0.3, -0.25) is 4.79 Å². The molecule has 0 spiro atoms. The maximum atomic E-state index is 12.3. The van der Waals surface area contributed by atoms with Gasteiger partial charge in [-0.2, -0.15) is 5.26 Å². The smallest absolute Gasteiger partial charge is 0.240 e. The molecule has 2 aromatic carbocycles. The second-order valence-electron chi connectivity index (χ2n) is 5.78. The third kappa shape index (κ3) is 3.87. The first-order chi connectivity index (χ1) is 12.0. The zero-order valence-corrected chi connectivity index (χ0v) is 14.3. The van der Waals surface area contributed by atoms with Crippen LogP contribution in [0.5, 0.6) is 0 Å². The van der Waals surface area contributed by atoms with Crippen molar-refractivity contribution in [2.24, 2.45) is 0 Å². The summed E-state index contributed by atoms with van der Waals surface area (Å²) in [4.78, 5) is 13.5. The molecule has 0 aliphatic carbocycles. The van der Waals surface area contributed by atoms with Gasteiger partial charge >= 0.3 is 0 Å². The minimum atomic E-state index is -3.69. The van der Waals surface area contributed by atoms with Crippen molar-refractivity contribution in [2.45, 2.75) is 24.3 Å². The van der Waals surface area contributed by atoms with Crippen LogP contribution >= 0.6 is 0 Å². The molecule has 0 atom stereocenters. The monoisotopic (exact) mass is 355 g/mol. The van der Waals surface area contributed by atoms with Crippen molar-refractivity contribution in [3.8, 4) is 6.07 Å². The highest BCUT2D eigenvalue weighted by Crippen LogP contribution is 2.21. The van der Waals surface area contributed by atoms with Crippen molar-refractivity contribution >= 4 is 21.6 Å². The van der Waals surface area contributed by atoms with Gasteiger partial charge in [-0.15, -0.1) is 0 Å². The molecule has 1 aliphatic rings. The summed E-state index contributed by atoms with van der Waals surface area (Å²) in [5.41, 5.74) is 1.91. The molecule has 1 heterocycles. The van der Waals surface area contributed by atoms with E-state index in [1.165, 1.54) is 18.2 Å². The quantitative estimate of drug-likeness (QED) is 0.890. The number of amides is 1. The van der Waals surface area contributed by atoms with E-state index in [9.17, 15) is 13.2 Å². The maximum absolute atomic E-state index is 12.3. The first-order valence-corrected chi connectivity index (χ1v) is 9.37. The van der Waals surface area contributed by atoms with Crippen molar-refractivity contribution < 1.29 is 13.2 Å². The first-order valence-electron chi connectivity index (χ1n) is 7.89. The van der Waals surface area contributed by atoms with Gasteiger partial charge in [-0.25, -0.2) is 13.1 Å². The maximum Gasteiger partial charge on any atom is 0.240 e. The van der Waals surface area contributed by atoms with Gasteiger partial charge < -0.3 is 4.90 Å². The number of hydrogen-bond donors (Lipinski definition) is 1. The number of nitrogens with zero attached hydrogens (tertiary/aromatic N) is 2. The number of carbonyl (C=O) groups is 1. The Balaban J connectivity index is 1.68. The molecule has 0 radical (unpaired) electrons. The van der Waals surface area contributed by atoms with Crippen LogP contribution in [0, 0.1) is 11.3 Å². The van der Waals surface area contributed by atoms with Crippen molar-refractivity contribution in [2.75, 3.05) is 11.4 Å². The van der Waals surface area contributed by atoms with Gasteiger partial charge in [0, 0.05) is 25.2 Å². The van der Waals surface area contributed by atoms with Crippen molar-refractivity contribution in [3.05, 3.63) is 59.7 Å². The third-order valence-electron chi connectivity index (χ3n) is 4.06. The largest absolute Gasteiger partial charge is 0.312 e. The topological polar surface area (TPSA) is 90.3 Å². The molecule has 1 fully saturated rings. The number of rotatable bonds is 5. The SMILES string of the molecule is N#Cc1cccc(S(=O)(=O)NCc2ccc(N3CCCC3=O)cc2)c1. The number of hydrogen-bond acceptors (Lipinski definition) is 4. The lowest BCUT2D eigenvalue weighted by molar-refractivity contribution is -0.117. The average molecular weight is 355 g/mol. The molecule has 3 rings (SSSR count). The van der Waals surface area contributed by atoms with Crippen molar-refractivity contribution in [1.29, 1.82) is 5.26 Å². The van der Waals surface area contributed by atoms with Crippen LogP contribution in [0.2, 0.25) is 0 Å². The van der Waals surface area contributed by atoms with Gasteiger partial charge in [0.2, 0.25) is 15.9 Å². The van der Waals surface area contributed by atoms with E-state index in [-0.39, 0.29) is 17.3 Å². The van der Waals surface area contributed by atoms with E-state index in [0.29, 0.717) is 12.0 Å². The van der Waals surface area contributed by atoms with Crippen LogP contribution in [-0.2, 0) is 21.4 Å². The van der Waals surface area contributed by atoms with Gasteiger partial charge in [0.25, 0.3) is 0 Å². The first kappa shape index (κ1) is 17.1. The normalized spacial score (nSPS) is 14.5. The number of carbonyl (C=O) groups excluding carboxylic acids is 1. The molecule has 1 aliphatic heterocycles. The van der Waals surface area contributed by atoms with Gasteiger partial charge in [-0.05, 0) is 42.3 Å². The minimum absolute atomic E-state index is 0.0610. The van der Waals surface area contributed by atoms with E-state index >= 15 is 0 Å². The van der Waals surface area contributed by atoms with Crippen molar-refractivity contribution in [1.82, 2.24) is 4.72 Å². The Morgan fingerprint density at radius 3 is 2.56 bits per heavy atom. The number of nitriles is 1. The fourth-order valence-corrected chi connectivity index (χ4v) is 3.77. The van der Waals surface area contributed by atoms with E-state index in [1.807, 2.05) is 18.2 Å². The predicted molar refractivity (Wildman–Crippen MR) is 93.2 cm³/mol. The number of nitrogens with one attached hydrogen (secondary N) is 1. The van der Waals surface area contributed by atoms with Crippen LogP contribution in [0.3, 0.4) is 0 Å². The molecule has 6 nitrogen and oxygen atoms in total. The number of sulfonamides is 1. The lowest BCUT2D eigenvalue weighted by Crippen LogP contribution is -2.24. The Labute approximate surface area is 146 Å². The Bertz CT molecular complexity index is 931. The lowest BCUT2D eigenvalue weighted by atomic mass is 10.2. The highest BCUT2D eigenvalue weighted by molar-refractivity contribution is 7.89. The Morgan fingerprint density at radius 1 is 1.16 bits per heavy atom.